The summed E-state index contributed by atoms with van der Waals surface area (Å²) in [7, 11) is 1.73. The molecule has 0 aliphatic rings. The van der Waals surface area contributed by atoms with Gasteiger partial charge < -0.3 is 9.84 Å². The van der Waals surface area contributed by atoms with Crippen LogP contribution in [0.1, 0.15) is 16.1 Å². The van der Waals surface area contributed by atoms with Gasteiger partial charge in [0.2, 0.25) is 0 Å². The molecule has 0 radical (unpaired) electrons. The number of carbonyl (C=O) groups is 1. The van der Waals surface area contributed by atoms with Crippen LogP contribution in [-0.4, -0.2) is 30.8 Å². The summed E-state index contributed by atoms with van der Waals surface area (Å²) in [6, 6.07) is 3.52. The number of ether oxygens (including phenoxy) is 1. The van der Waals surface area contributed by atoms with Gasteiger partial charge >= 0.3 is 5.97 Å². The number of carboxylic acids is 1. The van der Waals surface area contributed by atoms with Crippen molar-refractivity contribution >= 4 is 17.0 Å². The fraction of sp³-hybridized carbons (Fsp3) is 0.143. The average molecular weight is 284 g/mol. The van der Waals surface area contributed by atoms with Crippen LogP contribution >= 0.6 is 0 Å². The summed E-state index contributed by atoms with van der Waals surface area (Å²) in [6.45, 7) is 1.86. The van der Waals surface area contributed by atoms with Gasteiger partial charge in [-0.2, -0.15) is 5.10 Å². The second kappa shape index (κ2) is 4.86. The molecule has 0 fully saturated rings. The first-order valence-electron chi connectivity index (χ1n) is 6.21. The van der Waals surface area contributed by atoms with Crippen LogP contribution in [0.25, 0.3) is 11.0 Å². The van der Waals surface area contributed by atoms with Crippen molar-refractivity contribution in [3.8, 4) is 11.5 Å². The number of aryl methyl sites for hydroxylation is 2. The monoisotopic (exact) mass is 284 g/mol. The van der Waals surface area contributed by atoms with Gasteiger partial charge in [0.05, 0.1) is 17.8 Å². The van der Waals surface area contributed by atoms with Crippen LogP contribution in [0.15, 0.2) is 30.7 Å². The molecule has 21 heavy (non-hydrogen) atoms. The first-order chi connectivity index (χ1) is 10.1. The lowest BCUT2D eigenvalue weighted by atomic mass is 10.2. The zero-order chi connectivity index (χ0) is 15.0. The highest BCUT2D eigenvalue weighted by atomic mass is 16.5. The van der Waals surface area contributed by atoms with Crippen molar-refractivity contribution in [3.63, 3.8) is 0 Å². The molecule has 0 bridgehead atoms. The van der Waals surface area contributed by atoms with Crippen LogP contribution in [0.5, 0.6) is 11.5 Å². The van der Waals surface area contributed by atoms with E-state index in [2.05, 4.69) is 15.1 Å². The Morgan fingerprint density at radius 2 is 2.05 bits per heavy atom. The second-order valence-electron chi connectivity index (χ2n) is 4.55. The third kappa shape index (κ3) is 2.29. The SMILES string of the molecule is Cc1ccc(Oc2c(C(=O)O)cnc3c2cnn3C)cn1. The topological polar surface area (TPSA) is 90.1 Å². The molecule has 7 heteroatoms. The van der Waals surface area contributed by atoms with Gasteiger partial charge in [-0.05, 0) is 19.1 Å². The third-order valence-electron chi connectivity index (χ3n) is 3.05. The molecule has 0 aliphatic carbocycles. The van der Waals surface area contributed by atoms with Gasteiger partial charge in [-0.15, -0.1) is 0 Å². The van der Waals surface area contributed by atoms with Crippen LogP contribution in [0.2, 0.25) is 0 Å². The van der Waals surface area contributed by atoms with E-state index in [0.29, 0.717) is 16.8 Å². The summed E-state index contributed by atoms with van der Waals surface area (Å²) in [5.41, 5.74) is 1.38. The van der Waals surface area contributed by atoms with Crippen LogP contribution in [0, 0.1) is 6.92 Å². The number of rotatable bonds is 3. The number of aromatic nitrogens is 4. The number of nitrogens with zero attached hydrogens (tertiary/aromatic N) is 4. The summed E-state index contributed by atoms with van der Waals surface area (Å²) in [5.74, 6) is -0.436. The van der Waals surface area contributed by atoms with E-state index in [0.717, 1.165) is 5.69 Å². The summed E-state index contributed by atoms with van der Waals surface area (Å²) in [6.07, 6.45) is 4.35. The van der Waals surface area contributed by atoms with E-state index in [-0.39, 0.29) is 11.3 Å². The largest absolute Gasteiger partial charge is 0.477 e. The van der Waals surface area contributed by atoms with Crippen molar-refractivity contribution in [1.82, 2.24) is 19.7 Å². The molecule has 3 aromatic heterocycles. The van der Waals surface area contributed by atoms with Gasteiger partial charge in [0.25, 0.3) is 0 Å². The van der Waals surface area contributed by atoms with Crippen LogP contribution in [0.3, 0.4) is 0 Å². The van der Waals surface area contributed by atoms with Gasteiger partial charge in [0.1, 0.15) is 11.3 Å². The smallest absolute Gasteiger partial charge is 0.341 e. The summed E-state index contributed by atoms with van der Waals surface area (Å²) < 4.78 is 7.27. The Bertz CT molecular complexity index is 824. The lowest BCUT2D eigenvalue weighted by molar-refractivity contribution is 0.0694. The highest BCUT2D eigenvalue weighted by molar-refractivity contribution is 5.98. The van der Waals surface area contributed by atoms with Gasteiger partial charge in [0.15, 0.2) is 11.4 Å². The molecule has 0 saturated heterocycles. The lowest BCUT2D eigenvalue weighted by Crippen LogP contribution is -2.03. The number of hydrogen-bond acceptors (Lipinski definition) is 5. The summed E-state index contributed by atoms with van der Waals surface area (Å²) in [5, 5.41) is 13.9. The van der Waals surface area contributed by atoms with Crippen LogP contribution in [-0.2, 0) is 7.05 Å². The van der Waals surface area contributed by atoms with E-state index in [1.807, 2.05) is 6.92 Å². The minimum atomic E-state index is -1.11. The fourth-order valence-electron chi connectivity index (χ4n) is 1.97. The Morgan fingerprint density at radius 1 is 1.24 bits per heavy atom. The number of hydrogen-bond donors (Lipinski definition) is 1. The minimum absolute atomic E-state index is 0.0175. The number of fused-ring (bicyclic) bond motifs is 1. The van der Waals surface area contributed by atoms with Crippen LogP contribution < -0.4 is 4.74 Å². The summed E-state index contributed by atoms with van der Waals surface area (Å²) >= 11 is 0. The number of pyridine rings is 2. The molecule has 0 aliphatic heterocycles. The van der Waals surface area contributed by atoms with E-state index in [1.54, 1.807) is 30.1 Å². The van der Waals surface area contributed by atoms with Crippen molar-refractivity contribution in [3.05, 3.63) is 42.0 Å². The Labute approximate surface area is 119 Å². The zero-order valence-corrected chi connectivity index (χ0v) is 11.4. The fourth-order valence-corrected chi connectivity index (χ4v) is 1.97. The maximum atomic E-state index is 11.4. The molecule has 0 amide bonds. The van der Waals surface area contributed by atoms with Gasteiger partial charge in [-0.3, -0.25) is 9.67 Å². The van der Waals surface area contributed by atoms with Crippen molar-refractivity contribution in [2.45, 2.75) is 6.92 Å². The van der Waals surface area contributed by atoms with Crippen molar-refractivity contribution in [2.24, 2.45) is 7.05 Å². The predicted molar refractivity (Wildman–Crippen MR) is 74.5 cm³/mol. The van der Waals surface area contributed by atoms with Gasteiger partial charge in [-0.25, -0.2) is 9.78 Å². The third-order valence-corrected chi connectivity index (χ3v) is 3.05. The van der Waals surface area contributed by atoms with Crippen molar-refractivity contribution in [1.29, 1.82) is 0 Å². The molecular formula is C14H12N4O3. The van der Waals surface area contributed by atoms with Gasteiger partial charge in [0, 0.05) is 18.9 Å². The molecule has 3 aromatic rings. The Kier molecular flexibility index (Phi) is 3.02. The molecule has 106 valence electrons. The normalized spacial score (nSPS) is 10.8. The first kappa shape index (κ1) is 13.0. The molecule has 0 saturated carbocycles. The first-order valence-corrected chi connectivity index (χ1v) is 6.21. The number of carboxylic acid groups (broad SMARTS) is 1. The van der Waals surface area contributed by atoms with Crippen molar-refractivity contribution in [2.75, 3.05) is 0 Å². The number of aromatic carboxylic acids is 1. The molecule has 0 spiro atoms. The molecular weight excluding hydrogens is 272 g/mol. The van der Waals surface area contributed by atoms with E-state index >= 15 is 0 Å². The molecule has 0 unspecified atom stereocenters. The highest BCUT2D eigenvalue weighted by Gasteiger charge is 2.19. The van der Waals surface area contributed by atoms with E-state index in [1.165, 1.54) is 12.4 Å². The van der Waals surface area contributed by atoms with Crippen molar-refractivity contribution < 1.29 is 14.6 Å². The Morgan fingerprint density at radius 3 is 2.71 bits per heavy atom. The average Bonchev–Trinajstić information content (AvgIpc) is 2.83. The molecule has 0 atom stereocenters. The minimum Gasteiger partial charge on any atom is -0.477 e. The highest BCUT2D eigenvalue weighted by Crippen LogP contribution is 2.32. The second-order valence-corrected chi connectivity index (χ2v) is 4.55. The molecule has 1 N–H and O–H groups in total. The molecule has 0 aromatic carbocycles. The molecule has 7 nitrogen and oxygen atoms in total. The maximum Gasteiger partial charge on any atom is 0.341 e. The standard InChI is InChI=1S/C14H12N4O3/c1-8-3-4-9(5-15-8)21-12-10-7-17-18(2)13(10)16-6-11(12)14(19)20/h3-7H,1-2H3,(H,19,20). The molecule has 3 rings (SSSR count). The van der Waals surface area contributed by atoms with E-state index in [4.69, 9.17) is 4.74 Å². The zero-order valence-electron chi connectivity index (χ0n) is 11.4. The molecule has 3 heterocycles. The Balaban J connectivity index is 2.16. The predicted octanol–water partition coefficient (Wildman–Crippen LogP) is 2.16. The quantitative estimate of drug-likeness (QED) is 0.792. The Hall–Kier alpha value is -2.96. The van der Waals surface area contributed by atoms with Crippen LogP contribution in [0.4, 0.5) is 0 Å². The van der Waals surface area contributed by atoms with Gasteiger partial charge in [-0.1, -0.05) is 0 Å². The van der Waals surface area contributed by atoms with E-state index < -0.39 is 5.97 Å². The van der Waals surface area contributed by atoms with E-state index in [9.17, 15) is 9.90 Å². The maximum absolute atomic E-state index is 11.4. The summed E-state index contributed by atoms with van der Waals surface area (Å²) in [4.78, 5) is 19.6. The lowest BCUT2D eigenvalue weighted by Gasteiger charge is -2.09.